The molecule has 1 saturated heterocycles. The van der Waals surface area contributed by atoms with Crippen molar-refractivity contribution in [3.05, 3.63) is 33.8 Å². The van der Waals surface area contributed by atoms with Crippen molar-refractivity contribution in [3.63, 3.8) is 0 Å². The first-order chi connectivity index (χ1) is 8.58. The summed E-state index contributed by atoms with van der Waals surface area (Å²) in [5.41, 5.74) is 0.127. The quantitative estimate of drug-likeness (QED) is 0.780. The van der Waals surface area contributed by atoms with Crippen LogP contribution in [0.1, 0.15) is 12.5 Å². The van der Waals surface area contributed by atoms with Crippen molar-refractivity contribution in [2.24, 2.45) is 0 Å². The summed E-state index contributed by atoms with van der Waals surface area (Å²) in [4.78, 5) is 13.3. The van der Waals surface area contributed by atoms with Crippen LogP contribution in [0.15, 0.2) is 18.2 Å². The lowest BCUT2D eigenvalue weighted by Gasteiger charge is -2.45. The van der Waals surface area contributed by atoms with E-state index in [2.05, 4.69) is 11.8 Å². The number of rotatable bonds is 5. The summed E-state index contributed by atoms with van der Waals surface area (Å²) in [6.07, 6.45) is 0.887. The minimum Gasteiger partial charge on any atom is -0.360 e. The second kappa shape index (κ2) is 5.57. The summed E-state index contributed by atoms with van der Waals surface area (Å²) in [5, 5.41) is 1.22. The summed E-state index contributed by atoms with van der Waals surface area (Å²) in [6, 6.07) is 5.22. The lowest BCUT2D eigenvalue weighted by atomic mass is 9.96. The molecule has 0 aliphatic carbocycles. The number of halogens is 2. The number of ether oxygens (including phenoxy) is 1. The molecule has 0 bridgehead atoms. The average molecular weight is 288 g/mol. The van der Waals surface area contributed by atoms with Gasteiger partial charge in [0.15, 0.2) is 6.29 Å². The van der Waals surface area contributed by atoms with E-state index in [0.29, 0.717) is 29.7 Å². The highest BCUT2D eigenvalue weighted by molar-refractivity contribution is 6.33. The van der Waals surface area contributed by atoms with E-state index >= 15 is 0 Å². The van der Waals surface area contributed by atoms with Crippen LogP contribution < -0.4 is 0 Å². The Balaban J connectivity index is 1.98. The van der Waals surface area contributed by atoms with Crippen LogP contribution in [0.4, 0.5) is 0 Å². The smallest absolute Gasteiger partial charge is 0.154 e. The summed E-state index contributed by atoms with van der Waals surface area (Å²) in [6.45, 7) is 4.57. The third kappa shape index (κ3) is 2.86. The summed E-state index contributed by atoms with van der Waals surface area (Å²) in [7, 11) is 0. The van der Waals surface area contributed by atoms with E-state index in [1.165, 1.54) is 0 Å². The Hall–Kier alpha value is -0.610. The van der Waals surface area contributed by atoms with Crippen molar-refractivity contribution in [2.45, 2.75) is 19.1 Å². The first-order valence-electron chi connectivity index (χ1n) is 5.85. The van der Waals surface area contributed by atoms with E-state index in [9.17, 15) is 4.79 Å². The van der Waals surface area contributed by atoms with E-state index in [1.54, 1.807) is 18.2 Å². The predicted molar refractivity (Wildman–Crippen MR) is 72.2 cm³/mol. The fraction of sp³-hybridized carbons (Fsp3) is 0.462. The highest BCUT2D eigenvalue weighted by Crippen LogP contribution is 2.27. The molecule has 0 amide bonds. The Morgan fingerprint density at radius 1 is 1.44 bits per heavy atom. The molecule has 1 heterocycles. The SMILES string of the molecule is CCN1CC(C=O)(OCc2cc(Cl)ccc2Cl)C1. The van der Waals surface area contributed by atoms with Gasteiger partial charge in [-0.1, -0.05) is 30.1 Å². The van der Waals surface area contributed by atoms with Gasteiger partial charge in [0.25, 0.3) is 0 Å². The zero-order chi connectivity index (χ0) is 13.2. The van der Waals surface area contributed by atoms with Crippen LogP contribution in [-0.2, 0) is 16.1 Å². The van der Waals surface area contributed by atoms with Gasteiger partial charge in [-0.05, 0) is 30.3 Å². The zero-order valence-corrected chi connectivity index (χ0v) is 11.7. The van der Waals surface area contributed by atoms with Crippen molar-refractivity contribution in [2.75, 3.05) is 19.6 Å². The van der Waals surface area contributed by atoms with Crippen LogP contribution in [0, 0.1) is 0 Å². The normalized spacial score (nSPS) is 18.4. The largest absolute Gasteiger partial charge is 0.360 e. The van der Waals surface area contributed by atoms with E-state index in [1.807, 2.05) is 0 Å². The summed E-state index contributed by atoms with van der Waals surface area (Å²) >= 11 is 12.0. The van der Waals surface area contributed by atoms with E-state index in [-0.39, 0.29) is 0 Å². The Morgan fingerprint density at radius 2 is 2.17 bits per heavy atom. The molecule has 1 aromatic rings. The standard InChI is InChI=1S/C13H15Cl2NO2/c1-2-16-7-13(8-16,9-17)18-6-10-5-11(14)3-4-12(10)15/h3-5,9H,2,6-8H2,1H3. The van der Waals surface area contributed by atoms with Gasteiger partial charge < -0.3 is 9.53 Å². The molecule has 18 heavy (non-hydrogen) atoms. The lowest BCUT2D eigenvalue weighted by Crippen LogP contribution is -2.63. The molecule has 0 saturated carbocycles. The first kappa shape index (κ1) is 13.8. The van der Waals surface area contributed by atoms with Crippen molar-refractivity contribution >= 4 is 29.5 Å². The number of likely N-dealkylation sites (N-methyl/N-ethyl adjacent to an activating group) is 1. The van der Waals surface area contributed by atoms with Crippen LogP contribution in [0.3, 0.4) is 0 Å². The minimum atomic E-state index is -0.679. The molecule has 0 atom stereocenters. The molecule has 0 unspecified atom stereocenters. The molecule has 1 aromatic carbocycles. The number of likely N-dealkylation sites (tertiary alicyclic amines) is 1. The molecule has 5 heteroatoms. The zero-order valence-electron chi connectivity index (χ0n) is 10.2. The number of hydrogen-bond acceptors (Lipinski definition) is 3. The molecule has 1 aliphatic heterocycles. The number of nitrogens with zero attached hydrogens (tertiary/aromatic N) is 1. The summed E-state index contributed by atoms with van der Waals surface area (Å²) in [5.74, 6) is 0. The monoisotopic (exact) mass is 287 g/mol. The fourth-order valence-electron chi connectivity index (χ4n) is 2.01. The van der Waals surface area contributed by atoms with Crippen LogP contribution in [0.5, 0.6) is 0 Å². The van der Waals surface area contributed by atoms with Gasteiger partial charge in [0.1, 0.15) is 5.60 Å². The highest BCUT2D eigenvalue weighted by Gasteiger charge is 2.43. The van der Waals surface area contributed by atoms with Gasteiger partial charge in [-0.3, -0.25) is 4.90 Å². The van der Waals surface area contributed by atoms with Crippen LogP contribution in [0.25, 0.3) is 0 Å². The topological polar surface area (TPSA) is 29.5 Å². The van der Waals surface area contributed by atoms with Gasteiger partial charge in [0.05, 0.1) is 6.61 Å². The lowest BCUT2D eigenvalue weighted by molar-refractivity contribution is -0.162. The molecular formula is C13H15Cl2NO2. The number of carbonyl (C=O) groups is 1. The van der Waals surface area contributed by atoms with E-state index in [4.69, 9.17) is 27.9 Å². The molecule has 0 aromatic heterocycles. The predicted octanol–water partition coefficient (Wildman–Crippen LogP) is 2.78. The molecular weight excluding hydrogens is 273 g/mol. The van der Waals surface area contributed by atoms with Crippen molar-refractivity contribution in [1.29, 1.82) is 0 Å². The molecule has 98 valence electrons. The molecule has 3 nitrogen and oxygen atoms in total. The molecule has 2 rings (SSSR count). The van der Waals surface area contributed by atoms with Crippen molar-refractivity contribution in [1.82, 2.24) is 4.90 Å². The third-order valence-corrected chi connectivity index (χ3v) is 3.77. The van der Waals surface area contributed by atoms with E-state index < -0.39 is 5.60 Å². The van der Waals surface area contributed by atoms with Crippen molar-refractivity contribution < 1.29 is 9.53 Å². The third-order valence-electron chi connectivity index (χ3n) is 3.17. The second-order valence-corrected chi connectivity index (χ2v) is 5.35. The van der Waals surface area contributed by atoms with Gasteiger partial charge in [-0.2, -0.15) is 0 Å². The number of carbonyl (C=O) groups excluding carboxylic acids is 1. The Labute approximate surface area is 117 Å². The Morgan fingerprint density at radius 3 is 2.78 bits per heavy atom. The number of aldehydes is 1. The molecule has 1 fully saturated rings. The Bertz CT molecular complexity index is 445. The first-order valence-corrected chi connectivity index (χ1v) is 6.61. The maximum Gasteiger partial charge on any atom is 0.154 e. The van der Waals surface area contributed by atoms with Crippen molar-refractivity contribution in [3.8, 4) is 0 Å². The Kier molecular flexibility index (Phi) is 4.28. The maximum absolute atomic E-state index is 11.1. The van der Waals surface area contributed by atoms with Crippen LogP contribution in [0.2, 0.25) is 10.0 Å². The van der Waals surface area contributed by atoms with Gasteiger partial charge in [-0.25, -0.2) is 0 Å². The average Bonchev–Trinajstić information content (AvgIpc) is 2.32. The van der Waals surface area contributed by atoms with Crippen LogP contribution >= 0.6 is 23.2 Å². The fourth-order valence-corrected chi connectivity index (χ4v) is 2.38. The van der Waals surface area contributed by atoms with Gasteiger partial charge >= 0.3 is 0 Å². The molecule has 0 radical (unpaired) electrons. The van der Waals surface area contributed by atoms with Gasteiger partial charge in [0, 0.05) is 23.1 Å². The molecule has 0 N–H and O–H groups in total. The summed E-state index contributed by atoms with van der Waals surface area (Å²) < 4.78 is 5.72. The molecule has 0 spiro atoms. The second-order valence-electron chi connectivity index (χ2n) is 4.51. The van der Waals surface area contributed by atoms with Gasteiger partial charge in [0.2, 0.25) is 0 Å². The van der Waals surface area contributed by atoms with Gasteiger partial charge in [-0.15, -0.1) is 0 Å². The molecule has 1 aliphatic rings. The van der Waals surface area contributed by atoms with E-state index in [0.717, 1.165) is 18.4 Å². The number of hydrogen-bond donors (Lipinski definition) is 0. The minimum absolute atomic E-state index is 0.301. The number of benzene rings is 1. The highest BCUT2D eigenvalue weighted by atomic mass is 35.5. The maximum atomic E-state index is 11.1. The van der Waals surface area contributed by atoms with Crippen LogP contribution in [-0.4, -0.2) is 36.4 Å².